The fourth-order valence-corrected chi connectivity index (χ4v) is 6.69. The smallest absolute Gasteiger partial charge is 0.353 e. The highest BCUT2D eigenvalue weighted by molar-refractivity contribution is 8.03. The van der Waals surface area contributed by atoms with Gasteiger partial charge in [-0.25, -0.2) is 4.79 Å². The summed E-state index contributed by atoms with van der Waals surface area (Å²) in [5.41, 5.74) is 13.2. The number of hydrogen-bond acceptors (Lipinski definition) is 7. The van der Waals surface area contributed by atoms with Crippen molar-refractivity contribution in [2.75, 3.05) is 6.54 Å². The van der Waals surface area contributed by atoms with Gasteiger partial charge in [-0.3, -0.25) is 9.59 Å². The third-order valence-corrected chi connectivity index (χ3v) is 8.39. The van der Waals surface area contributed by atoms with E-state index >= 15 is 0 Å². The number of aliphatic hydroxyl groups excluding tert-OH is 1. The number of carboxylic acid groups (broad SMARTS) is 1. The van der Waals surface area contributed by atoms with Crippen molar-refractivity contribution in [3.05, 3.63) is 46.0 Å². The molecule has 178 valence electrons. The fraction of sp³-hybridized carbons (Fsp3) is 0.522. The molecule has 9 nitrogen and oxygen atoms in total. The van der Waals surface area contributed by atoms with E-state index in [9.17, 15) is 24.6 Å². The Labute approximate surface area is 196 Å². The second-order valence-electron chi connectivity index (χ2n) is 9.15. The number of carbonyl (C=O) groups excluding carboxylic acids is 2. The van der Waals surface area contributed by atoms with E-state index in [-0.39, 0.29) is 41.3 Å². The molecule has 3 heterocycles. The maximum Gasteiger partial charge on any atom is 0.353 e. The predicted octanol–water partition coefficient (Wildman–Crippen LogP) is 0.852. The number of primary amides is 1. The second kappa shape index (κ2) is 9.09. The molecule has 10 heteroatoms. The molecule has 1 aromatic rings. The second-order valence-corrected chi connectivity index (χ2v) is 10.5. The number of aliphatic carboxylic acids is 1. The van der Waals surface area contributed by atoms with Crippen LogP contribution in [0.25, 0.3) is 0 Å². The Morgan fingerprint density at radius 1 is 1.30 bits per heavy atom. The summed E-state index contributed by atoms with van der Waals surface area (Å²) < 4.78 is 0. The molecule has 7 atom stereocenters. The summed E-state index contributed by atoms with van der Waals surface area (Å²) in [5, 5.41) is 23.5. The molecule has 2 amide bonds. The van der Waals surface area contributed by atoms with Gasteiger partial charge in [-0.05, 0) is 24.5 Å². The van der Waals surface area contributed by atoms with E-state index in [1.165, 1.54) is 16.7 Å². The average molecular weight is 475 g/mol. The van der Waals surface area contributed by atoms with Gasteiger partial charge in [0.15, 0.2) is 0 Å². The lowest BCUT2D eigenvalue weighted by atomic mass is 9.79. The van der Waals surface area contributed by atoms with Crippen LogP contribution >= 0.6 is 11.8 Å². The van der Waals surface area contributed by atoms with E-state index in [1.54, 1.807) is 6.92 Å². The minimum atomic E-state index is -1.10. The van der Waals surface area contributed by atoms with Crippen LogP contribution in [0.15, 0.2) is 34.9 Å². The van der Waals surface area contributed by atoms with Crippen LogP contribution in [0.2, 0.25) is 0 Å². The van der Waals surface area contributed by atoms with Crippen LogP contribution < -0.4 is 16.8 Å². The van der Waals surface area contributed by atoms with Crippen LogP contribution in [0, 0.1) is 11.8 Å². The number of nitrogens with two attached hydrogens (primary N) is 2. The summed E-state index contributed by atoms with van der Waals surface area (Å²) in [5.74, 6) is -2.54. The zero-order valence-corrected chi connectivity index (χ0v) is 19.4. The van der Waals surface area contributed by atoms with Crippen molar-refractivity contribution in [3.63, 3.8) is 0 Å². The van der Waals surface area contributed by atoms with Gasteiger partial charge in [0.25, 0.3) is 0 Å². The monoisotopic (exact) mass is 474 g/mol. The zero-order chi connectivity index (χ0) is 24.0. The largest absolute Gasteiger partial charge is 0.477 e. The van der Waals surface area contributed by atoms with Gasteiger partial charge < -0.3 is 31.9 Å². The summed E-state index contributed by atoms with van der Waals surface area (Å²) >= 11 is 1.53. The number of thioether (sulfide) groups is 1. The number of fused-ring (bicyclic) bond motifs is 1. The molecule has 1 unspecified atom stereocenters. The first-order chi connectivity index (χ1) is 15.6. The number of β-lactam (4-membered cyclic amide) rings is 1. The number of rotatable bonds is 8. The molecule has 0 aliphatic carbocycles. The number of benzene rings is 1. The Balaban J connectivity index is 1.44. The molecule has 7 N–H and O–H groups in total. The van der Waals surface area contributed by atoms with Crippen molar-refractivity contribution in [1.82, 2.24) is 10.2 Å². The Bertz CT molecular complexity index is 995. The Morgan fingerprint density at radius 3 is 2.55 bits per heavy atom. The van der Waals surface area contributed by atoms with E-state index in [0.29, 0.717) is 11.4 Å². The molecule has 0 bridgehead atoms. The van der Waals surface area contributed by atoms with Crippen LogP contribution in [0.5, 0.6) is 0 Å². The van der Waals surface area contributed by atoms with Crippen molar-refractivity contribution in [3.8, 4) is 0 Å². The number of nitrogens with zero attached hydrogens (tertiary/aromatic N) is 1. The van der Waals surface area contributed by atoms with Crippen molar-refractivity contribution in [2.45, 2.75) is 56.2 Å². The zero-order valence-electron chi connectivity index (χ0n) is 18.6. The average Bonchev–Trinajstić information content (AvgIpc) is 3.30. The number of carbonyl (C=O) groups is 3. The molecule has 1 aromatic carbocycles. The molecule has 4 rings (SSSR count). The molecule has 3 aliphatic rings. The Hall–Kier alpha value is -2.40. The highest BCUT2D eigenvalue weighted by Crippen LogP contribution is 2.52. The van der Waals surface area contributed by atoms with Crippen LogP contribution in [0.1, 0.15) is 49.9 Å². The summed E-state index contributed by atoms with van der Waals surface area (Å²) in [4.78, 5) is 37.7. The standard InChI is InChI=1S/C23H30N4O5S/c1-10-19-18(11(2)28)22(30)27(19)20(23(31)32)21(10)33-14-7-16(26-9-14)13-5-3-12(4-6-13)15(24)8-17(25)29/h3-6,10-11,14-16,18-19,26,28H,7-9,24H2,1-2H3,(H2,25,29)(H,31,32)/t10-,11-,14+,15?,16-,18-,19-/m1/s1. The van der Waals surface area contributed by atoms with Gasteiger partial charge in [-0.15, -0.1) is 11.8 Å². The maximum atomic E-state index is 12.5. The van der Waals surface area contributed by atoms with Crippen molar-refractivity contribution in [1.29, 1.82) is 0 Å². The van der Waals surface area contributed by atoms with E-state index in [1.807, 2.05) is 31.2 Å². The van der Waals surface area contributed by atoms with E-state index in [4.69, 9.17) is 11.5 Å². The molecule has 2 fully saturated rings. The summed E-state index contributed by atoms with van der Waals surface area (Å²) in [6.45, 7) is 4.22. The SMILES string of the molecule is C[C@@H](O)[C@H]1C(=O)N2C(C(=O)O)=C(S[C@@H]3CN[C@@H](c4ccc(C(N)CC(N)=O)cc4)C3)[C@H](C)[C@H]12. The molecule has 0 aromatic heterocycles. The molecular weight excluding hydrogens is 444 g/mol. The number of nitrogens with one attached hydrogen (secondary N) is 1. The van der Waals surface area contributed by atoms with Gasteiger partial charge >= 0.3 is 5.97 Å². The van der Waals surface area contributed by atoms with Crippen molar-refractivity contribution >= 4 is 29.5 Å². The summed E-state index contributed by atoms with van der Waals surface area (Å²) in [6, 6.07) is 7.16. The molecule has 0 saturated carbocycles. The summed E-state index contributed by atoms with van der Waals surface area (Å²) in [7, 11) is 0. The van der Waals surface area contributed by atoms with Gasteiger partial charge in [0.1, 0.15) is 5.70 Å². The Morgan fingerprint density at radius 2 is 1.97 bits per heavy atom. The van der Waals surface area contributed by atoms with Crippen molar-refractivity contribution in [2.24, 2.45) is 23.3 Å². The molecule has 2 saturated heterocycles. The lowest BCUT2D eigenvalue weighted by Gasteiger charge is -2.46. The molecule has 3 aliphatic heterocycles. The van der Waals surface area contributed by atoms with Crippen LogP contribution in [-0.2, 0) is 14.4 Å². The van der Waals surface area contributed by atoms with Gasteiger partial charge in [-0.1, -0.05) is 31.2 Å². The highest BCUT2D eigenvalue weighted by Gasteiger charge is 2.60. The molecule has 33 heavy (non-hydrogen) atoms. The molecular formula is C23H30N4O5S. The highest BCUT2D eigenvalue weighted by atomic mass is 32.2. The van der Waals surface area contributed by atoms with Crippen LogP contribution in [0.3, 0.4) is 0 Å². The van der Waals surface area contributed by atoms with Crippen LogP contribution in [0.4, 0.5) is 0 Å². The third-order valence-electron chi connectivity index (χ3n) is 6.88. The normalized spacial score (nSPS) is 30.7. The van der Waals surface area contributed by atoms with Gasteiger partial charge in [0, 0.05) is 41.1 Å². The van der Waals surface area contributed by atoms with E-state index in [2.05, 4.69) is 5.32 Å². The van der Waals surface area contributed by atoms with E-state index < -0.39 is 29.9 Å². The third kappa shape index (κ3) is 4.28. The molecule has 0 radical (unpaired) electrons. The number of amides is 2. The number of hydrogen-bond donors (Lipinski definition) is 5. The minimum absolute atomic E-state index is 0.0654. The Kier molecular flexibility index (Phi) is 6.54. The lowest BCUT2D eigenvalue weighted by molar-refractivity contribution is -0.163. The quantitative estimate of drug-likeness (QED) is 0.347. The van der Waals surface area contributed by atoms with Crippen molar-refractivity contribution < 1.29 is 24.6 Å². The lowest BCUT2D eigenvalue weighted by Crippen LogP contribution is -2.63. The first kappa shape index (κ1) is 23.7. The van der Waals surface area contributed by atoms with Gasteiger partial charge in [0.05, 0.1) is 18.1 Å². The maximum absolute atomic E-state index is 12.5. The fourth-order valence-electron chi connectivity index (χ4n) is 5.22. The number of aliphatic hydroxyl groups is 1. The number of carboxylic acids is 1. The van der Waals surface area contributed by atoms with Gasteiger partial charge in [-0.2, -0.15) is 0 Å². The predicted molar refractivity (Wildman–Crippen MR) is 124 cm³/mol. The first-order valence-electron chi connectivity index (χ1n) is 11.1. The first-order valence-corrected chi connectivity index (χ1v) is 12.0. The van der Waals surface area contributed by atoms with Crippen LogP contribution in [-0.4, -0.2) is 56.8 Å². The topological polar surface area (TPSA) is 159 Å². The summed E-state index contributed by atoms with van der Waals surface area (Å²) in [6.07, 6.45) is 0.0890. The van der Waals surface area contributed by atoms with E-state index in [0.717, 1.165) is 17.5 Å². The van der Waals surface area contributed by atoms with Gasteiger partial charge in [0.2, 0.25) is 11.8 Å². The minimum Gasteiger partial charge on any atom is -0.477 e. The molecule has 0 spiro atoms.